The van der Waals surface area contributed by atoms with Crippen LogP contribution >= 0.6 is 0 Å². The second kappa shape index (κ2) is 12.5. The predicted molar refractivity (Wildman–Crippen MR) is 151 cm³/mol. The third kappa shape index (κ3) is 6.58. The molecule has 2 aromatic carbocycles. The highest BCUT2D eigenvalue weighted by atomic mass is 32.2. The summed E-state index contributed by atoms with van der Waals surface area (Å²) in [5.74, 6) is -3.40. The number of amides is 2. The van der Waals surface area contributed by atoms with Crippen molar-refractivity contribution in [3.8, 4) is 11.5 Å². The molecule has 3 fully saturated rings. The minimum absolute atomic E-state index is 0.0219. The smallest absolute Gasteiger partial charge is 0.496 e. The molecular formula is C30H32F4N2O8S. The average molecular weight is 657 g/mol. The minimum Gasteiger partial charge on any atom is -0.496 e. The van der Waals surface area contributed by atoms with E-state index in [1.54, 1.807) is 0 Å². The number of ether oxygens (including phenoxy) is 3. The lowest BCUT2D eigenvalue weighted by Crippen LogP contribution is -2.48. The van der Waals surface area contributed by atoms with E-state index in [9.17, 15) is 40.4 Å². The number of anilines is 1. The molecule has 2 amide bonds. The molecule has 15 heteroatoms. The second-order valence-corrected chi connectivity index (χ2v) is 13.6. The van der Waals surface area contributed by atoms with Crippen LogP contribution in [0.2, 0.25) is 0 Å². The molecule has 0 unspecified atom stereocenters. The molecule has 10 nitrogen and oxygen atoms in total. The summed E-state index contributed by atoms with van der Waals surface area (Å²) in [7, 11) is -3.05. The molecule has 0 aliphatic heterocycles. The van der Waals surface area contributed by atoms with Gasteiger partial charge in [-0.2, -0.15) is 13.2 Å². The first-order chi connectivity index (χ1) is 21.2. The van der Waals surface area contributed by atoms with Crippen LogP contribution in [0.3, 0.4) is 0 Å². The molecule has 3 saturated carbocycles. The van der Waals surface area contributed by atoms with E-state index in [0.717, 1.165) is 30.7 Å². The Hall–Kier alpha value is -3.88. The molecule has 3 aliphatic carbocycles. The van der Waals surface area contributed by atoms with Crippen molar-refractivity contribution in [2.45, 2.75) is 61.1 Å². The van der Waals surface area contributed by atoms with Crippen LogP contribution in [0.1, 0.15) is 48.9 Å². The highest BCUT2D eigenvalue weighted by molar-refractivity contribution is 7.92. The SMILES string of the molecule is COC(=O)CC1CC(Oc2cc(C(=O)N[C@@H]3[C@@H]4CC[C@@H](C4)[C@@H]3C(=O)Nc3cccc(S(=O)(=O)C(F)(F)F)c3)c(OC)cc2F)C1. The number of rotatable bonds is 10. The number of nitrogens with one attached hydrogen (secondary N) is 2. The summed E-state index contributed by atoms with van der Waals surface area (Å²) < 4.78 is 93.4. The summed E-state index contributed by atoms with van der Waals surface area (Å²) in [5, 5.41) is 5.41. The molecule has 244 valence electrons. The number of hydrogen-bond acceptors (Lipinski definition) is 8. The monoisotopic (exact) mass is 656 g/mol. The number of sulfone groups is 1. The summed E-state index contributed by atoms with van der Waals surface area (Å²) in [5.41, 5.74) is -5.66. The first-order valence-corrected chi connectivity index (χ1v) is 15.8. The molecule has 3 aliphatic rings. The van der Waals surface area contributed by atoms with E-state index < -0.39 is 49.8 Å². The third-order valence-corrected chi connectivity index (χ3v) is 10.4. The van der Waals surface area contributed by atoms with Gasteiger partial charge in [0.05, 0.1) is 36.7 Å². The van der Waals surface area contributed by atoms with E-state index in [0.29, 0.717) is 25.7 Å². The number of hydrogen-bond donors (Lipinski definition) is 2. The number of halogens is 4. The number of methoxy groups -OCH3 is 2. The quantitative estimate of drug-likeness (QED) is 0.279. The van der Waals surface area contributed by atoms with Gasteiger partial charge in [-0.05, 0) is 74.1 Å². The van der Waals surface area contributed by atoms with Crippen molar-refractivity contribution in [1.82, 2.24) is 5.32 Å². The molecule has 4 atom stereocenters. The van der Waals surface area contributed by atoms with Crippen LogP contribution in [0.25, 0.3) is 0 Å². The van der Waals surface area contributed by atoms with Crippen molar-refractivity contribution in [2.24, 2.45) is 23.7 Å². The van der Waals surface area contributed by atoms with Gasteiger partial charge in [-0.1, -0.05) is 6.07 Å². The van der Waals surface area contributed by atoms with Gasteiger partial charge in [-0.15, -0.1) is 0 Å². The number of benzene rings is 2. The molecule has 0 saturated heterocycles. The van der Waals surface area contributed by atoms with Gasteiger partial charge in [0, 0.05) is 24.2 Å². The van der Waals surface area contributed by atoms with Crippen LogP contribution in [0.4, 0.5) is 23.2 Å². The van der Waals surface area contributed by atoms with Crippen LogP contribution in [-0.2, 0) is 24.2 Å². The van der Waals surface area contributed by atoms with Crippen molar-refractivity contribution < 1.29 is 54.6 Å². The summed E-state index contributed by atoms with van der Waals surface area (Å²) in [6, 6.07) is 5.51. The average Bonchev–Trinajstić information content (AvgIpc) is 3.58. The lowest BCUT2D eigenvalue weighted by atomic mass is 9.80. The van der Waals surface area contributed by atoms with Gasteiger partial charge in [0.2, 0.25) is 5.91 Å². The van der Waals surface area contributed by atoms with Crippen LogP contribution in [0, 0.1) is 29.5 Å². The minimum atomic E-state index is -5.62. The van der Waals surface area contributed by atoms with Crippen LogP contribution in [-0.4, -0.2) is 58.1 Å². The van der Waals surface area contributed by atoms with Gasteiger partial charge >= 0.3 is 11.5 Å². The Kier molecular flexibility index (Phi) is 9.02. The Balaban J connectivity index is 1.30. The van der Waals surface area contributed by atoms with E-state index >= 15 is 0 Å². The lowest BCUT2D eigenvalue weighted by Gasteiger charge is -2.35. The first kappa shape index (κ1) is 32.5. The predicted octanol–water partition coefficient (Wildman–Crippen LogP) is 4.63. The van der Waals surface area contributed by atoms with Crippen molar-refractivity contribution in [1.29, 1.82) is 0 Å². The fourth-order valence-corrected chi connectivity index (χ4v) is 7.42. The van der Waals surface area contributed by atoms with Gasteiger partial charge in [-0.25, -0.2) is 12.8 Å². The second-order valence-electron chi connectivity index (χ2n) is 11.7. The molecule has 5 rings (SSSR count). The molecule has 0 radical (unpaired) electrons. The first-order valence-electron chi connectivity index (χ1n) is 14.4. The fraction of sp³-hybridized carbons (Fsp3) is 0.500. The molecular weight excluding hydrogens is 624 g/mol. The lowest BCUT2D eigenvalue weighted by molar-refractivity contribution is -0.143. The Morgan fingerprint density at radius 2 is 1.69 bits per heavy atom. The van der Waals surface area contributed by atoms with E-state index in [2.05, 4.69) is 15.4 Å². The molecule has 0 spiro atoms. The standard InChI is InChI=1S/C30H32F4N2O8S/c1-42-23-14-22(31)24(44-19-8-15(9-19)10-25(37)43-2)13-21(23)28(38)36-27-17-7-6-16(11-17)26(27)29(39)35-18-4-3-5-20(12-18)45(40,41)30(32,33)34/h3-5,12-17,19,26-27H,6-11H2,1-2H3,(H,35,39)(H,36,38)/t15?,16-,17+,19?,26-,27+/m0/s1. The number of carbonyl (C=O) groups excluding carboxylic acids is 3. The molecule has 2 N–H and O–H groups in total. The maximum atomic E-state index is 14.9. The summed E-state index contributed by atoms with van der Waals surface area (Å²) in [4.78, 5) is 37.5. The van der Waals surface area contributed by atoms with Crippen molar-refractivity contribution in [3.63, 3.8) is 0 Å². The van der Waals surface area contributed by atoms with Crippen LogP contribution < -0.4 is 20.1 Å². The van der Waals surface area contributed by atoms with Gasteiger partial charge < -0.3 is 24.8 Å². The summed E-state index contributed by atoms with van der Waals surface area (Å²) in [6.07, 6.45) is 2.96. The van der Waals surface area contributed by atoms with Gasteiger partial charge in [-0.3, -0.25) is 14.4 Å². The van der Waals surface area contributed by atoms with Crippen molar-refractivity contribution in [2.75, 3.05) is 19.5 Å². The Morgan fingerprint density at radius 1 is 0.978 bits per heavy atom. The number of carbonyl (C=O) groups is 3. The Morgan fingerprint density at radius 3 is 2.36 bits per heavy atom. The van der Waals surface area contributed by atoms with Crippen LogP contribution in [0.5, 0.6) is 11.5 Å². The largest absolute Gasteiger partial charge is 0.501 e. The summed E-state index contributed by atoms with van der Waals surface area (Å²) in [6.45, 7) is 0. The van der Waals surface area contributed by atoms with Gasteiger partial charge in [0.25, 0.3) is 15.7 Å². The molecule has 2 aromatic rings. The number of fused-ring (bicyclic) bond motifs is 2. The van der Waals surface area contributed by atoms with Crippen molar-refractivity contribution >= 4 is 33.3 Å². The normalized spacial score (nSPS) is 25.6. The summed E-state index contributed by atoms with van der Waals surface area (Å²) >= 11 is 0. The van der Waals surface area contributed by atoms with E-state index in [4.69, 9.17) is 9.47 Å². The zero-order valence-electron chi connectivity index (χ0n) is 24.4. The maximum absolute atomic E-state index is 14.9. The maximum Gasteiger partial charge on any atom is 0.501 e. The zero-order valence-corrected chi connectivity index (χ0v) is 25.2. The topological polar surface area (TPSA) is 137 Å². The number of esters is 1. The third-order valence-electron chi connectivity index (χ3n) is 8.90. The number of alkyl halides is 3. The molecule has 2 bridgehead atoms. The Bertz CT molecular complexity index is 1590. The van der Waals surface area contributed by atoms with Gasteiger partial charge in [0.15, 0.2) is 11.6 Å². The fourth-order valence-electron chi connectivity index (χ4n) is 6.61. The molecule has 0 aromatic heterocycles. The van der Waals surface area contributed by atoms with Crippen LogP contribution in [0.15, 0.2) is 41.3 Å². The van der Waals surface area contributed by atoms with E-state index in [-0.39, 0.29) is 59.0 Å². The van der Waals surface area contributed by atoms with E-state index in [1.807, 2.05) is 0 Å². The highest BCUT2D eigenvalue weighted by Gasteiger charge is 2.52. The van der Waals surface area contributed by atoms with Crippen molar-refractivity contribution in [3.05, 3.63) is 47.8 Å². The van der Waals surface area contributed by atoms with E-state index in [1.165, 1.54) is 26.4 Å². The molecule has 0 heterocycles. The molecule has 45 heavy (non-hydrogen) atoms. The Labute approximate surface area is 256 Å². The van der Waals surface area contributed by atoms with Gasteiger partial charge in [0.1, 0.15) is 5.75 Å². The zero-order chi connectivity index (χ0) is 32.7. The highest BCUT2D eigenvalue weighted by Crippen LogP contribution is 2.49.